The first kappa shape index (κ1) is 12.6. The van der Waals surface area contributed by atoms with Crippen LogP contribution in [0.15, 0.2) is 48.7 Å². The van der Waals surface area contributed by atoms with Crippen LogP contribution >= 0.6 is 23.2 Å². The first-order valence-electron chi connectivity index (χ1n) is 6.13. The fourth-order valence-electron chi connectivity index (χ4n) is 2.31. The fraction of sp³-hybridized carbons (Fsp3) is 0.125. The number of aromatic nitrogens is 1. The predicted octanol–water partition coefficient (Wildman–Crippen LogP) is 5.30. The molecule has 0 spiro atoms. The molecule has 1 nitrogen and oxygen atoms in total. The monoisotopic (exact) mass is 289 g/mol. The Morgan fingerprint density at radius 2 is 1.84 bits per heavy atom. The molecule has 96 valence electrons. The summed E-state index contributed by atoms with van der Waals surface area (Å²) in [7, 11) is 0. The van der Waals surface area contributed by atoms with Crippen molar-refractivity contribution >= 4 is 34.1 Å². The van der Waals surface area contributed by atoms with Crippen LogP contribution in [0.4, 0.5) is 0 Å². The predicted molar refractivity (Wildman–Crippen MR) is 82.2 cm³/mol. The molecule has 0 unspecified atom stereocenters. The van der Waals surface area contributed by atoms with Crippen LogP contribution in [0.1, 0.15) is 11.1 Å². The summed E-state index contributed by atoms with van der Waals surface area (Å²) in [4.78, 5) is 0. The van der Waals surface area contributed by atoms with Gasteiger partial charge in [-0.05, 0) is 54.3 Å². The Hall–Kier alpha value is -1.44. The van der Waals surface area contributed by atoms with E-state index in [-0.39, 0.29) is 0 Å². The molecule has 3 aromatic rings. The van der Waals surface area contributed by atoms with Gasteiger partial charge in [-0.1, -0.05) is 34.8 Å². The summed E-state index contributed by atoms with van der Waals surface area (Å²) in [6, 6.07) is 14.2. The van der Waals surface area contributed by atoms with E-state index in [2.05, 4.69) is 42.0 Å². The third-order valence-electron chi connectivity index (χ3n) is 3.27. The number of halogens is 2. The van der Waals surface area contributed by atoms with Gasteiger partial charge < -0.3 is 4.57 Å². The van der Waals surface area contributed by atoms with E-state index in [4.69, 9.17) is 23.2 Å². The van der Waals surface area contributed by atoms with Gasteiger partial charge in [-0.15, -0.1) is 0 Å². The van der Waals surface area contributed by atoms with Crippen LogP contribution in [0, 0.1) is 6.92 Å². The van der Waals surface area contributed by atoms with Gasteiger partial charge in [-0.2, -0.15) is 0 Å². The second-order valence-corrected chi connectivity index (χ2v) is 5.59. The van der Waals surface area contributed by atoms with Gasteiger partial charge in [0.25, 0.3) is 0 Å². The average Bonchev–Trinajstić information content (AvgIpc) is 2.76. The zero-order chi connectivity index (χ0) is 13.4. The van der Waals surface area contributed by atoms with Crippen LogP contribution in [0.2, 0.25) is 10.0 Å². The maximum Gasteiger partial charge on any atom is 0.0491 e. The topological polar surface area (TPSA) is 4.93 Å². The van der Waals surface area contributed by atoms with Gasteiger partial charge in [0, 0.05) is 28.3 Å². The molecule has 0 atom stereocenters. The number of nitrogens with zero attached hydrogens (tertiary/aromatic N) is 1. The molecular formula is C16H13Cl2N. The smallest absolute Gasteiger partial charge is 0.0491 e. The van der Waals surface area contributed by atoms with E-state index in [1.807, 2.05) is 18.2 Å². The lowest BCUT2D eigenvalue weighted by atomic mass is 10.2. The molecule has 0 aliphatic heterocycles. The van der Waals surface area contributed by atoms with Crippen LogP contribution in [-0.4, -0.2) is 4.57 Å². The molecule has 3 rings (SSSR count). The lowest BCUT2D eigenvalue weighted by molar-refractivity contribution is 0.837. The fourth-order valence-corrected chi connectivity index (χ4v) is 2.68. The average molecular weight is 290 g/mol. The maximum absolute atomic E-state index is 6.22. The minimum Gasteiger partial charge on any atom is -0.343 e. The van der Waals surface area contributed by atoms with Gasteiger partial charge in [0.15, 0.2) is 0 Å². The van der Waals surface area contributed by atoms with Crippen molar-refractivity contribution in [2.24, 2.45) is 0 Å². The highest BCUT2D eigenvalue weighted by atomic mass is 35.5. The van der Waals surface area contributed by atoms with Crippen molar-refractivity contribution < 1.29 is 0 Å². The molecular weight excluding hydrogens is 277 g/mol. The molecule has 0 aliphatic rings. The molecule has 19 heavy (non-hydrogen) atoms. The van der Waals surface area contributed by atoms with Crippen molar-refractivity contribution in [3.63, 3.8) is 0 Å². The van der Waals surface area contributed by atoms with Gasteiger partial charge in [0.2, 0.25) is 0 Å². The Kier molecular flexibility index (Phi) is 3.26. The van der Waals surface area contributed by atoms with Crippen LogP contribution in [0.3, 0.4) is 0 Å². The van der Waals surface area contributed by atoms with E-state index in [0.29, 0.717) is 5.02 Å². The van der Waals surface area contributed by atoms with Crippen molar-refractivity contribution in [3.8, 4) is 0 Å². The highest BCUT2D eigenvalue weighted by molar-refractivity contribution is 6.33. The quantitative estimate of drug-likeness (QED) is 0.603. The molecule has 0 amide bonds. The molecule has 1 aromatic heterocycles. The largest absolute Gasteiger partial charge is 0.343 e. The Balaban J connectivity index is 2.03. The molecule has 0 radical (unpaired) electrons. The zero-order valence-electron chi connectivity index (χ0n) is 10.5. The molecule has 3 heteroatoms. The number of rotatable bonds is 2. The van der Waals surface area contributed by atoms with Crippen molar-refractivity contribution in [1.29, 1.82) is 0 Å². The second-order valence-electron chi connectivity index (χ2n) is 4.74. The van der Waals surface area contributed by atoms with Crippen LogP contribution < -0.4 is 0 Å². The van der Waals surface area contributed by atoms with E-state index in [1.54, 1.807) is 0 Å². The van der Waals surface area contributed by atoms with Gasteiger partial charge in [-0.25, -0.2) is 0 Å². The van der Waals surface area contributed by atoms with E-state index in [1.165, 1.54) is 16.5 Å². The van der Waals surface area contributed by atoms with E-state index in [0.717, 1.165) is 17.1 Å². The van der Waals surface area contributed by atoms with Crippen LogP contribution in [0.5, 0.6) is 0 Å². The molecule has 0 saturated heterocycles. The molecule has 0 N–H and O–H groups in total. The molecule has 2 aromatic carbocycles. The van der Waals surface area contributed by atoms with E-state index < -0.39 is 0 Å². The summed E-state index contributed by atoms with van der Waals surface area (Å²) in [6.45, 7) is 2.83. The molecule has 0 bridgehead atoms. The van der Waals surface area contributed by atoms with Gasteiger partial charge >= 0.3 is 0 Å². The van der Waals surface area contributed by atoms with Crippen molar-refractivity contribution in [3.05, 3.63) is 69.8 Å². The van der Waals surface area contributed by atoms with Crippen molar-refractivity contribution in [2.45, 2.75) is 13.5 Å². The second kappa shape index (κ2) is 4.92. The van der Waals surface area contributed by atoms with E-state index >= 15 is 0 Å². The lowest BCUT2D eigenvalue weighted by Gasteiger charge is -2.08. The summed E-state index contributed by atoms with van der Waals surface area (Å²) in [6.07, 6.45) is 2.08. The van der Waals surface area contributed by atoms with Crippen molar-refractivity contribution in [2.75, 3.05) is 0 Å². The van der Waals surface area contributed by atoms with E-state index in [9.17, 15) is 0 Å². The number of aryl methyl sites for hydroxylation is 1. The van der Waals surface area contributed by atoms with Gasteiger partial charge in [-0.3, -0.25) is 0 Å². The summed E-state index contributed by atoms with van der Waals surface area (Å²) < 4.78 is 2.19. The number of hydrogen-bond acceptors (Lipinski definition) is 0. The van der Waals surface area contributed by atoms with Gasteiger partial charge in [0.05, 0.1) is 0 Å². The normalized spacial score (nSPS) is 11.1. The molecule has 0 fully saturated rings. The third kappa shape index (κ3) is 2.49. The highest BCUT2D eigenvalue weighted by Crippen LogP contribution is 2.24. The highest BCUT2D eigenvalue weighted by Gasteiger charge is 2.05. The molecule has 0 aliphatic carbocycles. The van der Waals surface area contributed by atoms with Crippen LogP contribution in [0.25, 0.3) is 10.9 Å². The zero-order valence-corrected chi connectivity index (χ0v) is 12.0. The summed E-state index contributed by atoms with van der Waals surface area (Å²) in [5, 5.41) is 2.71. The number of fused-ring (bicyclic) bond motifs is 1. The Bertz CT molecular complexity index is 744. The third-order valence-corrected chi connectivity index (χ3v) is 3.88. The van der Waals surface area contributed by atoms with Crippen LogP contribution in [-0.2, 0) is 6.54 Å². The Morgan fingerprint density at radius 3 is 2.68 bits per heavy atom. The first-order valence-corrected chi connectivity index (χ1v) is 6.88. The summed E-state index contributed by atoms with van der Waals surface area (Å²) in [5.74, 6) is 0. The SMILES string of the molecule is Cc1ccc2c(ccn2Cc2cc(Cl)ccc2Cl)c1. The summed E-state index contributed by atoms with van der Waals surface area (Å²) >= 11 is 12.2. The Morgan fingerprint density at radius 1 is 1.00 bits per heavy atom. The number of benzene rings is 2. The molecule has 0 saturated carbocycles. The standard InChI is InChI=1S/C16H13Cl2N/c1-11-2-5-16-12(8-11)6-7-19(16)10-13-9-14(17)3-4-15(13)18/h2-9H,10H2,1H3. The summed E-state index contributed by atoms with van der Waals surface area (Å²) in [5.41, 5.74) is 3.51. The maximum atomic E-state index is 6.22. The minimum absolute atomic E-state index is 0.715. The minimum atomic E-state index is 0.715. The Labute approximate surface area is 122 Å². The first-order chi connectivity index (χ1) is 9.13. The van der Waals surface area contributed by atoms with Crippen molar-refractivity contribution in [1.82, 2.24) is 4.57 Å². The van der Waals surface area contributed by atoms with Gasteiger partial charge in [0.1, 0.15) is 0 Å². The number of hydrogen-bond donors (Lipinski definition) is 0. The lowest BCUT2D eigenvalue weighted by Crippen LogP contribution is -1.98. The molecule has 1 heterocycles.